The van der Waals surface area contributed by atoms with Gasteiger partial charge >= 0.3 is 0 Å². The molecule has 1 amide bonds. The van der Waals surface area contributed by atoms with Crippen molar-refractivity contribution < 1.29 is 4.79 Å². The molecule has 0 saturated heterocycles. The van der Waals surface area contributed by atoms with Crippen molar-refractivity contribution >= 4 is 34.7 Å². The normalized spacial score (nSPS) is 10.2. The number of para-hydroxylation sites is 2. The van der Waals surface area contributed by atoms with E-state index in [0.29, 0.717) is 5.69 Å². The van der Waals surface area contributed by atoms with Gasteiger partial charge in [-0.3, -0.25) is 4.79 Å². The first-order valence-electron chi connectivity index (χ1n) is 5.99. The van der Waals surface area contributed by atoms with Gasteiger partial charge < -0.3 is 16.0 Å². The van der Waals surface area contributed by atoms with E-state index in [0.717, 1.165) is 5.69 Å². The molecule has 1 aromatic heterocycles. The summed E-state index contributed by atoms with van der Waals surface area (Å²) in [5.41, 5.74) is 7.26. The number of rotatable bonds is 3. The van der Waals surface area contributed by atoms with Crippen molar-refractivity contribution in [1.82, 2.24) is 4.98 Å². The largest absolute Gasteiger partial charge is 0.384 e. The van der Waals surface area contributed by atoms with Gasteiger partial charge in [-0.1, -0.05) is 23.7 Å². The van der Waals surface area contributed by atoms with Crippen LogP contribution >= 0.6 is 11.6 Å². The molecule has 1 aromatic carbocycles. The number of pyridine rings is 1. The minimum atomic E-state index is -0.392. The van der Waals surface area contributed by atoms with Crippen molar-refractivity contribution in [2.24, 2.45) is 0 Å². The van der Waals surface area contributed by atoms with Gasteiger partial charge in [0.25, 0.3) is 5.91 Å². The van der Waals surface area contributed by atoms with E-state index >= 15 is 0 Å². The molecule has 0 aliphatic rings. The Morgan fingerprint density at radius 3 is 2.65 bits per heavy atom. The molecule has 6 heteroatoms. The average molecular weight is 291 g/mol. The van der Waals surface area contributed by atoms with E-state index in [4.69, 9.17) is 17.3 Å². The lowest BCUT2D eigenvalue weighted by molar-refractivity contribution is 0.102. The molecule has 5 nitrogen and oxygen atoms in total. The Morgan fingerprint density at radius 1 is 1.25 bits per heavy atom. The highest BCUT2D eigenvalue weighted by atomic mass is 35.5. The van der Waals surface area contributed by atoms with Gasteiger partial charge in [-0.2, -0.15) is 0 Å². The summed E-state index contributed by atoms with van der Waals surface area (Å²) in [6.07, 6.45) is 0. The van der Waals surface area contributed by atoms with Crippen molar-refractivity contribution in [3.63, 3.8) is 0 Å². The number of nitrogens with one attached hydrogen (secondary N) is 1. The Kier molecular flexibility index (Phi) is 4.10. The van der Waals surface area contributed by atoms with Gasteiger partial charge in [0, 0.05) is 14.1 Å². The highest BCUT2D eigenvalue weighted by Gasteiger charge is 2.14. The van der Waals surface area contributed by atoms with Gasteiger partial charge in [0.15, 0.2) is 0 Å². The maximum Gasteiger partial charge on any atom is 0.275 e. The Hall–Kier alpha value is -2.27. The van der Waals surface area contributed by atoms with Crippen LogP contribution in [0.1, 0.15) is 10.5 Å². The highest BCUT2D eigenvalue weighted by molar-refractivity contribution is 6.34. The molecule has 2 aromatic rings. The number of benzene rings is 1. The topological polar surface area (TPSA) is 71.2 Å². The summed E-state index contributed by atoms with van der Waals surface area (Å²) in [6.45, 7) is 0. The van der Waals surface area contributed by atoms with Gasteiger partial charge in [0.05, 0.1) is 16.4 Å². The molecule has 20 heavy (non-hydrogen) atoms. The first kappa shape index (κ1) is 14.1. The molecule has 0 aliphatic carbocycles. The third-order valence-corrected chi connectivity index (χ3v) is 3.02. The van der Waals surface area contributed by atoms with Crippen LogP contribution in [0.15, 0.2) is 36.4 Å². The summed E-state index contributed by atoms with van der Waals surface area (Å²) in [7, 11) is 3.80. The van der Waals surface area contributed by atoms with E-state index in [1.807, 2.05) is 43.3 Å². The third kappa shape index (κ3) is 3.00. The second kappa shape index (κ2) is 5.79. The first-order valence-corrected chi connectivity index (χ1v) is 6.36. The van der Waals surface area contributed by atoms with Gasteiger partial charge in [-0.05, 0) is 24.3 Å². The molecule has 0 unspecified atom stereocenters. The van der Waals surface area contributed by atoms with E-state index in [1.165, 1.54) is 0 Å². The number of carbonyl (C=O) groups excluding carboxylic acids is 1. The van der Waals surface area contributed by atoms with Gasteiger partial charge in [-0.25, -0.2) is 4.98 Å². The van der Waals surface area contributed by atoms with Crippen LogP contribution in [0.2, 0.25) is 5.02 Å². The van der Waals surface area contributed by atoms with Gasteiger partial charge in [0.2, 0.25) is 0 Å². The molecule has 0 atom stereocenters. The molecule has 1 heterocycles. The molecule has 104 valence electrons. The van der Waals surface area contributed by atoms with Crippen LogP contribution in [-0.2, 0) is 0 Å². The zero-order chi connectivity index (χ0) is 14.7. The minimum absolute atomic E-state index is 0.111. The number of hydrogen-bond donors (Lipinski definition) is 2. The molecule has 0 radical (unpaired) electrons. The van der Waals surface area contributed by atoms with Crippen molar-refractivity contribution in [3.05, 3.63) is 47.1 Å². The lowest BCUT2D eigenvalue weighted by Gasteiger charge is -2.17. The standard InChI is InChI=1S/C14H15ClN4O/c1-19(2)11-6-4-3-5-10(11)17-14(20)13-9(15)7-8-12(16)18-13/h3-8H,1-2H3,(H2,16,18)(H,17,20). The SMILES string of the molecule is CN(C)c1ccccc1NC(=O)c1nc(N)ccc1Cl. The Balaban J connectivity index is 2.31. The number of nitrogen functional groups attached to an aromatic ring is 1. The fourth-order valence-corrected chi connectivity index (χ4v) is 1.96. The van der Waals surface area contributed by atoms with Crippen molar-refractivity contribution in [2.75, 3.05) is 30.0 Å². The van der Waals surface area contributed by atoms with Crippen LogP contribution in [0.3, 0.4) is 0 Å². The maximum atomic E-state index is 12.2. The number of carbonyl (C=O) groups is 1. The Labute approximate surface area is 122 Å². The minimum Gasteiger partial charge on any atom is -0.384 e. The van der Waals surface area contributed by atoms with Crippen LogP contribution in [0, 0.1) is 0 Å². The molecule has 0 saturated carbocycles. The second-order valence-corrected chi connectivity index (χ2v) is 4.84. The predicted molar refractivity (Wildman–Crippen MR) is 82.4 cm³/mol. The van der Waals surface area contributed by atoms with Crippen LogP contribution in [0.5, 0.6) is 0 Å². The van der Waals surface area contributed by atoms with E-state index < -0.39 is 5.91 Å². The Morgan fingerprint density at radius 2 is 1.95 bits per heavy atom. The number of nitrogens with two attached hydrogens (primary N) is 1. The average Bonchev–Trinajstić information content (AvgIpc) is 2.41. The number of nitrogens with zero attached hydrogens (tertiary/aromatic N) is 2. The third-order valence-electron chi connectivity index (χ3n) is 2.72. The molecule has 0 bridgehead atoms. The number of amides is 1. The van der Waals surface area contributed by atoms with E-state index in [2.05, 4.69) is 10.3 Å². The summed E-state index contributed by atoms with van der Waals surface area (Å²) in [5, 5.41) is 3.06. The van der Waals surface area contributed by atoms with E-state index in [1.54, 1.807) is 12.1 Å². The quantitative estimate of drug-likeness (QED) is 0.911. The highest BCUT2D eigenvalue weighted by Crippen LogP contribution is 2.25. The molecule has 0 aliphatic heterocycles. The summed E-state index contributed by atoms with van der Waals surface area (Å²) < 4.78 is 0. The fourth-order valence-electron chi connectivity index (χ4n) is 1.77. The summed E-state index contributed by atoms with van der Waals surface area (Å²) in [5.74, 6) is -0.142. The van der Waals surface area contributed by atoms with Crippen molar-refractivity contribution in [3.8, 4) is 0 Å². The first-order chi connectivity index (χ1) is 9.49. The molecule has 2 rings (SSSR count). The zero-order valence-corrected chi connectivity index (χ0v) is 12.0. The second-order valence-electron chi connectivity index (χ2n) is 4.43. The van der Waals surface area contributed by atoms with Gasteiger partial charge in [-0.15, -0.1) is 0 Å². The number of anilines is 3. The Bertz CT molecular complexity index is 643. The maximum absolute atomic E-state index is 12.2. The summed E-state index contributed by atoms with van der Waals surface area (Å²) in [6, 6.07) is 10.6. The summed E-state index contributed by atoms with van der Waals surface area (Å²) >= 11 is 5.97. The van der Waals surface area contributed by atoms with Gasteiger partial charge in [0.1, 0.15) is 11.5 Å². The molecule has 3 N–H and O–H groups in total. The van der Waals surface area contributed by atoms with Crippen LogP contribution in [-0.4, -0.2) is 25.0 Å². The number of halogens is 1. The lowest BCUT2D eigenvalue weighted by Crippen LogP contribution is -2.18. The molecular weight excluding hydrogens is 276 g/mol. The van der Waals surface area contributed by atoms with Crippen LogP contribution < -0.4 is 16.0 Å². The van der Waals surface area contributed by atoms with E-state index in [9.17, 15) is 4.79 Å². The van der Waals surface area contributed by atoms with Crippen LogP contribution in [0.4, 0.5) is 17.2 Å². The van der Waals surface area contributed by atoms with Crippen molar-refractivity contribution in [1.29, 1.82) is 0 Å². The van der Waals surface area contributed by atoms with E-state index in [-0.39, 0.29) is 16.5 Å². The molecule has 0 spiro atoms. The zero-order valence-electron chi connectivity index (χ0n) is 11.2. The number of aromatic nitrogens is 1. The number of hydrogen-bond acceptors (Lipinski definition) is 4. The van der Waals surface area contributed by atoms with Crippen molar-refractivity contribution in [2.45, 2.75) is 0 Å². The van der Waals surface area contributed by atoms with Crippen LogP contribution in [0.25, 0.3) is 0 Å². The summed E-state index contributed by atoms with van der Waals surface area (Å²) in [4.78, 5) is 18.1. The molecule has 0 fully saturated rings. The molecular formula is C14H15ClN4O. The smallest absolute Gasteiger partial charge is 0.275 e. The monoisotopic (exact) mass is 290 g/mol. The lowest BCUT2D eigenvalue weighted by atomic mass is 10.2. The fraction of sp³-hybridized carbons (Fsp3) is 0.143. The predicted octanol–water partition coefficient (Wildman–Crippen LogP) is 2.64.